The van der Waals surface area contributed by atoms with Crippen molar-refractivity contribution in [2.75, 3.05) is 18.0 Å². The quantitative estimate of drug-likeness (QED) is 0.683. The topological polar surface area (TPSA) is 91.3 Å². The first-order chi connectivity index (χ1) is 13.7. The Morgan fingerprint density at radius 2 is 2.07 bits per heavy atom. The molecule has 0 amide bonds. The molecule has 7 heteroatoms. The molecule has 4 rings (SSSR count). The van der Waals surface area contributed by atoms with Crippen LogP contribution in [0.25, 0.3) is 11.4 Å². The molecule has 0 aliphatic carbocycles. The van der Waals surface area contributed by atoms with Gasteiger partial charge >= 0.3 is 5.97 Å². The summed E-state index contributed by atoms with van der Waals surface area (Å²) in [6.07, 6.45) is 4.77. The van der Waals surface area contributed by atoms with Gasteiger partial charge in [-0.3, -0.25) is 14.9 Å². The summed E-state index contributed by atoms with van der Waals surface area (Å²) in [5.41, 5.74) is 3.86. The van der Waals surface area contributed by atoms with Crippen molar-refractivity contribution >= 4 is 11.7 Å². The van der Waals surface area contributed by atoms with Gasteiger partial charge in [0.15, 0.2) is 0 Å². The number of nitrogens with one attached hydrogen (secondary N) is 1. The molecule has 1 aromatic carbocycles. The van der Waals surface area contributed by atoms with E-state index < -0.39 is 5.97 Å². The van der Waals surface area contributed by atoms with Crippen molar-refractivity contribution in [3.8, 4) is 17.1 Å². The van der Waals surface area contributed by atoms with Crippen molar-refractivity contribution in [2.24, 2.45) is 5.92 Å². The number of carboxylic acid groups (broad SMARTS) is 1. The molecule has 3 heterocycles. The lowest BCUT2D eigenvalue weighted by molar-refractivity contribution is -0.142. The molecule has 0 bridgehead atoms. The molecule has 1 aliphatic heterocycles. The number of aromatic amines is 1. The molecule has 1 saturated heterocycles. The van der Waals surface area contributed by atoms with Gasteiger partial charge in [0.25, 0.3) is 0 Å². The van der Waals surface area contributed by atoms with Crippen LogP contribution in [-0.2, 0) is 11.4 Å². The number of ether oxygens (including phenoxy) is 1. The first-order valence-electron chi connectivity index (χ1n) is 9.34. The molecule has 2 N–H and O–H groups in total. The number of piperidine rings is 1. The Morgan fingerprint density at radius 1 is 1.21 bits per heavy atom. The molecule has 7 nitrogen and oxygen atoms in total. The van der Waals surface area contributed by atoms with E-state index in [9.17, 15) is 4.79 Å². The number of hydrogen-bond donors (Lipinski definition) is 2. The van der Waals surface area contributed by atoms with Gasteiger partial charge < -0.3 is 14.7 Å². The van der Waals surface area contributed by atoms with E-state index in [0.717, 1.165) is 35.7 Å². The molecule has 1 aliphatic rings. The molecule has 28 heavy (non-hydrogen) atoms. The third kappa shape index (κ3) is 4.14. The average Bonchev–Trinajstić information content (AvgIpc) is 3.28. The number of hydrogen-bond acceptors (Lipinski definition) is 5. The predicted octanol–water partition coefficient (Wildman–Crippen LogP) is 3.35. The van der Waals surface area contributed by atoms with Crippen molar-refractivity contribution in [2.45, 2.75) is 19.4 Å². The summed E-state index contributed by atoms with van der Waals surface area (Å²) in [6, 6.07) is 13.9. The molecule has 3 aromatic rings. The van der Waals surface area contributed by atoms with Crippen LogP contribution in [0.4, 0.5) is 5.69 Å². The van der Waals surface area contributed by atoms with E-state index in [0.29, 0.717) is 25.2 Å². The van der Waals surface area contributed by atoms with Crippen molar-refractivity contribution in [3.63, 3.8) is 0 Å². The van der Waals surface area contributed by atoms with Gasteiger partial charge in [0, 0.05) is 25.0 Å². The SMILES string of the molecule is O=C(O)C1CCN(c2cccc(COc3ccc(-c4ccn[nH]4)nc3)c2)CC1. The monoisotopic (exact) mass is 378 g/mol. The number of nitrogens with zero attached hydrogens (tertiary/aromatic N) is 3. The number of benzene rings is 1. The minimum absolute atomic E-state index is 0.222. The maximum atomic E-state index is 11.1. The summed E-state index contributed by atoms with van der Waals surface area (Å²) in [5, 5.41) is 16.0. The first kappa shape index (κ1) is 18.0. The standard InChI is InChI=1S/C21H22N4O3/c26-21(27)16-7-10-25(11-8-16)17-3-1-2-15(12-17)14-28-18-4-5-19(22-13-18)20-6-9-23-24-20/h1-6,9,12-13,16H,7-8,10-11,14H2,(H,23,24)(H,26,27). The minimum Gasteiger partial charge on any atom is -0.487 e. The molecule has 2 aromatic heterocycles. The van der Waals surface area contributed by atoms with Crippen LogP contribution in [0.15, 0.2) is 54.9 Å². The van der Waals surface area contributed by atoms with Crippen LogP contribution in [-0.4, -0.2) is 39.3 Å². The zero-order valence-electron chi connectivity index (χ0n) is 15.4. The molecule has 0 unspecified atom stereocenters. The Balaban J connectivity index is 1.35. The van der Waals surface area contributed by atoms with Crippen molar-refractivity contribution in [1.82, 2.24) is 15.2 Å². The van der Waals surface area contributed by atoms with Gasteiger partial charge in [-0.15, -0.1) is 0 Å². The van der Waals surface area contributed by atoms with Crippen LogP contribution in [0, 0.1) is 5.92 Å². The summed E-state index contributed by atoms with van der Waals surface area (Å²) in [5.74, 6) is -0.204. The van der Waals surface area contributed by atoms with Crippen LogP contribution in [0.5, 0.6) is 5.75 Å². The lowest BCUT2D eigenvalue weighted by Gasteiger charge is -2.32. The molecular weight excluding hydrogens is 356 g/mol. The third-order valence-corrected chi connectivity index (χ3v) is 5.04. The minimum atomic E-state index is -0.686. The van der Waals surface area contributed by atoms with E-state index in [1.54, 1.807) is 12.4 Å². The maximum absolute atomic E-state index is 11.1. The number of carbonyl (C=O) groups is 1. The summed E-state index contributed by atoms with van der Waals surface area (Å²) >= 11 is 0. The Morgan fingerprint density at radius 3 is 2.75 bits per heavy atom. The Bertz CT molecular complexity index is 917. The highest BCUT2D eigenvalue weighted by Gasteiger charge is 2.24. The second-order valence-corrected chi connectivity index (χ2v) is 6.91. The van der Waals surface area contributed by atoms with Crippen LogP contribution in [0.3, 0.4) is 0 Å². The number of aliphatic carboxylic acids is 1. The normalized spacial score (nSPS) is 14.8. The lowest BCUT2D eigenvalue weighted by Crippen LogP contribution is -2.36. The van der Waals surface area contributed by atoms with Gasteiger partial charge in [-0.05, 0) is 48.7 Å². The smallest absolute Gasteiger partial charge is 0.306 e. The molecule has 0 saturated carbocycles. The number of carboxylic acids is 1. The van der Waals surface area contributed by atoms with Crippen LogP contribution >= 0.6 is 0 Å². The van der Waals surface area contributed by atoms with Crippen LogP contribution in [0.1, 0.15) is 18.4 Å². The largest absolute Gasteiger partial charge is 0.487 e. The molecule has 0 atom stereocenters. The van der Waals surface area contributed by atoms with E-state index in [-0.39, 0.29) is 5.92 Å². The fourth-order valence-corrected chi connectivity index (χ4v) is 3.42. The predicted molar refractivity (Wildman–Crippen MR) is 105 cm³/mol. The van der Waals surface area contributed by atoms with Gasteiger partial charge in [-0.1, -0.05) is 12.1 Å². The fourth-order valence-electron chi connectivity index (χ4n) is 3.42. The molecule has 0 radical (unpaired) electrons. The Hall–Kier alpha value is -3.35. The summed E-state index contributed by atoms with van der Waals surface area (Å²) in [7, 11) is 0. The summed E-state index contributed by atoms with van der Waals surface area (Å²) in [4.78, 5) is 17.7. The highest BCUT2D eigenvalue weighted by Crippen LogP contribution is 2.25. The lowest BCUT2D eigenvalue weighted by atomic mass is 9.96. The zero-order valence-corrected chi connectivity index (χ0v) is 15.4. The number of aromatic nitrogens is 3. The highest BCUT2D eigenvalue weighted by atomic mass is 16.5. The summed E-state index contributed by atoms with van der Waals surface area (Å²) in [6.45, 7) is 1.98. The Kier molecular flexibility index (Phi) is 5.23. The van der Waals surface area contributed by atoms with Gasteiger partial charge in [0.05, 0.1) is 23.5 Å². The highest BCUT2D eigenvalue weighted by molar-refractivity contribution is 5.70. The number of anilines is 1. The summed E-state index contributed by atoms with van der Waals surface area (Å²) < 4.78 is 5.87. The van der Waals surface area contributed by atoms with Gasteiger partial charge in [0.1, 0.15) is 12.4 Å². The van der Waals surface area contributed by atoms with Crippen molar-refractivity contribution < 1.29 is 14.6 Å². The molecule has 1 fully saturated rings. The van der Waals surface area contributed by atoms with E-state index in [4.69, 9.17) is 9.84 Å². The van der Waals surface area contributed by atoms with Gasteiger partial charge in [-0.2, -0.15) is 5.10 Å². The van der Waals surface area contributed by atoms with Crippen molar-refractivity contribution in [1.29, 1.82) is 0 Å². The fraction of sp³-hybridized carbons (Fsp3) is 0.286. The molecule has 144 valence electrons. The van der Waals surface area contributed by atoms with Gasteiger partial charge in [0.2, 0.25) is 0 Å². The van der Waals surface area contributed by atoms with Crippen LogP contribution in [0.2, 0.25) is 0 Å². The third-order valence-electron chi connectivity index (χ3n) is 5.04. The van der Waals surface area contributed by atoms with Gasteiger partial charge in [-0.25, -0.2) is 0 Å². The maximum Gasteiger partial charge on any atom is 0.306 e. The number of rotatable bonds is 6. The van der Waals surface area contributed by atoms with Crippen molar-refractivity contribution in [3.05, 3.63) is 60.4 Å². The molecule has 0 spiro atoms. The van der Waals surface area contributed by atoms with E-state index in [1.165, 1.54) is 0 Å². The van der Waals surface area contributed by atoms with E-state index in [2.05, 4.69) is 32.2 Å². The first-order valence-corrected chi connectivity index (χ1v) is 9.34. The number of pyridine rings is 1. The van der Waals surface area contributed by atoms with E-state index >= 15 is 0 Å². The number of H-pyrrole nitrogens is 1. The second kappa shape index (κ2) is 8.12. The zero-order chi connectivity index (χ0) is 19.3. The van der Waals surface area contributed by atoms with Crippen LogP contribution < -0.4 is 9.64 Å². The average molecular weight is 378 g/mol. The van der Waals surface area contributed by atoms with E-state index in [1.807, 2.05) is 30.3 Å². The second-order valence-electron chi connectivity index (χ2n) is 6.91. The Labute approximate surface area is 163 Å². The molecular formula is C21H22N4O3.